The molecule has 1 aromatic heterocycles. The molecule has 0 fully saturated rings. The predicted octanol–water partition coefficient (Wildman–Crippen LogP) is 4.17. The number of ether oxygens (including phenoxy) is 1. The molecular weight excluding hydrogens is 342 g/mol. The minimum Gasteiger partial charge on any atom is -0.491 e. The molecule has 0 radical (unpaired) electrons. The Hall–Kier alpha value is -3.08. The van der Waals surface area contributed by atoms with Gasteiger partial charge in [-0.1, -0.05) is 18.2 Å². The summed E-state index contributed by atoms with van der Waals surface area (Å²) in [7, 11) is 0. The monoisotopic (exact) mass is 363 g/mol. The summed E-state index contributed by atoms with van der Waals surface area (Å²) in [5, 5.41) is 0.604. The number of nitrogens with zero attached hydrogens (tertiary/aromatic N) is 1. The van der Waals surface area contributed by atoms with Crippen molar-refractivity contribution in [3.8, 4) is 5.75 Å². The third-order valence-electron chi connectivity index (χ3n) is 4.74. The molecule has 0 bridgehead atoms. The van der Waals surface area contributed by atoms with E-state index in [1.54, 1.807) is 23.1 Å². The van der Waals surface area contributed by atoms with Gasteiger partial charge >= 0.3 is 5.63 Å². The third kappa shape index (κ3) is 3.10. The predicted molar refractivity (Wildman–Crippen MR) is 105 cm³/mol. The standard InChI is InChI=1S/C22H21NO4/c1-13(2)26-16-8-9-17-18(12-21(24)27-20(17)11-16)22(25)23-14(3)10-15-6-4-5-7-19(15)23/h4-9,11-14H,10H2,1-3H3. The minimum atomic E-state index is -0.548. The van der Waals surface area contributed by atoms with Crippen molar-refractivity contribution in [1.29, 1.82) is 0 Å². The first-order chi connectivity index (χ1) is 12.9. The van der Waals surface area contributed by atoms with Crippen LogP contribution in [0.15, 0.2) is 57.7 Å². The molecule has 27 heavy (non-hydrogen) atoms. The molecule has 0 spiro atoms. The van der Waals surface area contributed by atoms with E-state index in [1.165, 1.54) is 6.07 Å². The Kier molecular flexibility index (Phi) is 4.22. The highest BCUT2D eigenvalue weighted by Gasteiger charge is 2.32. The first-order valence-electron chi connectivity index (χ1n) is 9.10. The van der Waals surface area contributed by atoms with Crippen molar-refractivity contribution in [3.63, 3.8) is 0 Å². The lowest BCUT2D eigenvalue weighted by Gasteiger charge is -2.23. The molecule has 1 unspecified atom stereocenters. The zero-order valence-corrected chi connectivity index (χ0v) is 15.6. The maximum Gasteiger partial charge on any atom is 0.337 e. The van der Waals surface area contributed by atoms with Crippen LogP contribution in [-0.2, 0) is 6.42 Å². The van der Waals surface area contributed by atoms with Crippen LogP contribution in [0.1, 0.15) is 36.7 Å². The maximum atomic E-state index is 13.4. The molecule has 5 heteroatoms. The SMILES string of the molecule is CC(C)Oc1ccc2c(C(=O)N3c4ccccc4CC3C)cc(=O)oc2c1. The van der Waals surface area contributed by atoms with Gasteiger partial charge in [0, 0.05) is 29.2 Å². The van der Waals surface area contributed by atoms with Crippen molar-refractivity contribution in [2.24, 2.45) is 0 Å². The Morgan fingerprint density at radius 2 is 1.96 bits per heavy atom. The smallest absolute Gasteiger partial charge is 0.337 e. The van der Waals surface area contributed by atoms with Gasteiger partial charge in [0.15, 0.2) is 0 Å². The van der Waals surface area contributed by atoms with Gasteiger partial charge in [0.25, 0.3) is 5.91 Å². The summed E-state index contributed by atoms with van der Waals surface area (Å²) in [5.74, 6) is 0.410. The Morgan fingerprint density at radius 3 is 2.74 bits per heavy atom. The molecule has 1 aliphatic rings. The van der Waals surface area contributed by atoms with Gasteiger partial charge in [-0.3, -0.25) is 4.79 Å². The summed E-state index contributed by atoms with van der Waals surface area (Å²) >= 11 is 0. The molecule has 4 rings (SSSR count). The van der Waals surface area contributed by atoms with E-state index in [0.717, 1.165) is 17.7 Å². The first kappa shape index (κ1) is 17.3. The van der Waals surface area contributed by atoms with Crippen molar-refractivity contribution in [3.05, 3.63) is 70.1 Å². The third-order valence-corrected chi connectivity index (χ3v) is 4.74. The summed E-state index contributed by atoms with van der Waals surface area (Å²) in [6.45, 7) is 5.86. The van der Waals surface area contributed by atoms with Crippen LogP contribution < -0.4 is 15.3 Å². The van der Waals surface area contributed by atoms with Gasteiger partial charge in [-0.05, 0) is 51.0 Å². The second kappa shape index (κ2) is 6.58. The maximum absolute atomic E-state index is 13.4. The largest absolute Gasteiger partial charge is 0.491 e. The number of fused-ring (bicyclic) bond motifs is 2. The van der Waals surface area contributed by atoms with Crippen LogP contribution in [0.2, 0.25) is 0 Å². The van der Waals surface area contributed by atoms with E-state index < -0.39 is 5.63 Å². The molecule has 1 amide bonds. The average molecular weight is 363 g/mol. The molecule has 0 aliphatic carbocycles. The number of benzene rings is 2. The van der Waals surface area contributed by atoms with E-state index >= 15 is 0 Å². The van der Waals surface area contributed by atoms with Crippen LogP contribution in [0.5, 0.6) is 5.75 Å². The molecule has 0 N–H and O–H groups in total. The molecule has 3 aromatic rings. The van der Waals surface area contributed by atoms with Crippen LogP contribution in [0.25, 0.3) is 11.0 Å². The highest BCUT2D eigenvalue weighted by atomic mass is 16.5. The molecule has 2 heterocycles. The lowest BCUT2D eigenvalue weighted by molar-refractivity contribution is 0.0982. The van der Waals surface area contributed by atoms with Gasteiger partial charge in [-0.15, -0.1) is 0 Å². The van der Waals surface area contributed by atoms with Crippen molar-refractivity contribution in [2.75, 3.05) is 4.90 Å². The summed E-state index contributed by atoms with van der Waals surface area (Å²) in [4.78, 5) is 27.2. The van der Waals surface area contributed by atoms with Crippen LogP contribution in [-0.4, -0.2) is 18.1 Å². The average Bonchev–Trinajstić information content (AvgIpc) is 2.95. The van der Waals surface area contributed by atoms with Gasteiger partial charge in [0.05, 0.1) is 11.7 Å². The number of para-hydroxylation sites is 1. The van der Waals surface area contributed by atoms with E-state index in [0.29, 0.717) is 22.3 Å². The number of carbonyl (C=O) groups excluding carboxylic acids is 1. The van der Waals surface area contributed by atoms with Gasteiger partial charge in [-0.2, -0.15) is 0 Å². The highest BCUT2D eigenvalue weighted by Crippen LogP contribution is 2.34. The summed E-state index contributed by atoms with van der Waals surface area (Å²) in [6.07, 6.45) is 0.800. The van der Waals surface area contributed by atoms with Crippen LogP contribution >= 0.6 is 0 Å². The topological polar surface area (TPSA) is 59.8 Å². The number of hydrogen-bond donors (Lipinski definition) is 0. The zero-order valence-electron chi connectivity index (χ0n) is 15.6. The zero-order chi connectivity index (χ0) is 19.1. The van der Waals surface area contributed by atoms with Crippen molar-refractivity contribution < 1.29 is 13.9 Å². The molecule has 5 nitrogen and oxygen atoms in total. The van der Waals surface area contributed by atoms with Gasteiger partial charge < -0.3 is 14.1 Å². The molecule has 0 saturated carbocycles. The first-order valence-corrected chi connectivity index (χ1v) is 9.10. The van der Waals surface area contributed by atoms with E-state index in [4.69, 9.17) is 9.15 Å². The Labute approximate surface area is 157 Å². The Morgan fingerprint density at radius 1 is 1.19 bits per heavy atom. The quantitative estimate of drug-likeness (QED) is 0.655. The number of rotatable bonds is 3. The number of amides is 1. The van der Waals surface area contributed by atoms with Gasteiger partial charge in [-0.25, -0.2) is 4.79 Å². The molecule has 1 aliphatic heterocycles. The van der Waals surface area contributed by atoms with E-state index in [-0.39, 0.29) is 18.1 Å². The normalized spacial score (nSPS) is 16.0. The van der Waals surface area contributed by atoms with Gasteiger partial charge in [0.1, 0.15) is 11.3 Å². The second-order valence-corrected chi connectivity index (χ2v) is 7.16. The summed E-state index contributed by atoms with van der Waals surface area (Å²) in [5.41, 5.74) is 2.19. The molecule has 0 saturated heterocycles. The fourth-order valence-corrected chi connectivity index (χ4v) is 3.67. The minimum absolute atomic E-state index is 0.000868. The van der Waals surface area contributed by atoms with E-state index in [2.05, 4.69) is 0 Å². The number of anilines is 1. The second-order valence-electron chi connectivity index (χ2n) is 7.16. The molecule has 138 valence electrons. The van der Waals surface area contributed by atoms with E-state index in [9.17, 15) is 9.59 Å². The fraction of sp³-hybridized carbons (Fsp3) is 0.273. The Bertz CT molecular complexity index is 1080. The van der Waals surface area contributed by atoms with Crippen molar-refractivity contribution >= 4 is 22.6 Å². The highest BCUT2D eigenvalue weighted by molar-refractivity contribution is 6.14. The van der Waals surface area contributed by atoms with Crippen molar-refractivity contribution in [1.82, 2.24) is 0 Å². The number of carbonyl (C=O) groups is 1. The van der Waals surface area contributed by atoms with Gasteiger partial charge in [0.2, 0.25) is 0 Å². The number of hydrogen-bond acceptors (Lipinski definition) is 4. The fourth-order valence-electron chi connectivity index (χ4n) is 3.67. The van der Waals surface area contributed by atoms with Crippen molar-refractivity contribution in [2.45, 2.75) is 39.3 Å². The van der Waals surface area contributed by atoms with Crippen LogP contribution in [0, 0.1) is 0 Å². The lowest BCUT2D eigenvalue weighted by atomic mass is 10.1. The molecular formula is C22H21NO4. The Balaban J connectivity index is 1.81. The van der Waals surface area contributed by atoms with Crippen LogP contribution in [0.3, 0.4) is 0 Å². The van der Waals surface area contributed by atoms with E-state index in [1.807, 2.05) is 45.0 Å². The lowest BCUT2D eigenvalue weighted by Crippen LogP contribution is -2.36. The van der Waals surface area contributed by atoms with Crippen LogP contribution in [0.4, 0.5) is 5.69 Å². The summed E-state index contributed by atoms with van der Waals surface area (Å²) in [6, 6.07) is 14.4. The molecule has 2 aromatic carbocycles. The molecule has 1 atom stereocenters. The summed E-state index contributed by atoms with van der Waals surface area (Å²) < 4.78 is 11.0.